The zero-order valence-electron chi connectivity index (χ0n) is 18.9. The van der Waals surface area contributed by atoms with Gasteiger partial charge in [-0.2, -0.15) is 0 Å². The molecule has 31 heavy (non-hydrogen) atoms. The second kappa shape index (κ2) is 11.4. The van der Waals surface area contributed by atoms with Crippen molar-refractivity contribution < 1.29 is 9.59 Å². The van der Waals surface area contributed by atoms with E-state index in [1.165, 1.54) is 36.8 Å². The fourth-order valence-corrected chi connectivity index (χ4v) is 5.02. The summed E-state index contributed by atoms with van der Waals surface area (Å²) in [5.74, 6) is 0.689. The number of anilines is 2. The third kappa shape index (κ3) is 6.36. The summed E-state index contributed by atoms with van der Waals surface area (Å²) in [5, 5.41) is 2.96. The molecular weight excluding hydrogens is 404 g/mol. The van der Waals surface area contributed by atoms with Crippen LogP contribution in [0.1, 0.15) is 73.9 Å². The van der Waals surface area contributed by atoms with Crippen LogP contribution in [0.4, 0.5) is 11.4 Å². The van der Waals surface area contributed by atoms with E-state index < -0.39 is 0 Å². The summed E-state index contributed by atoms with van der Waals surface area (Å²) < 4.78 is 0. The maximum atomic E-state index is 12.6. The zero-order chi connectivity index (χ0) is 22.2. The lowest BCUT2D eigenvalue weighted by Crippen LogP contribution is -2.27. The van der Waals surface area contributed by atoms with E-state index in [0.717, 1.165) is 29.8 Å². The Labute approximate surface area is 190 Å². The van der Waals surface area contributed by atoms with Crippen LogP contribution in [0.15, 0.2) is 42.5 Å². The molecule has 0 unspecified atom stereocenters. The SMILES string of the molecule is CCCCCCCCC(=O)Nc1ccc([C@H]2SCC(=O)N2c2ccc(C)c(C)c2)cc1. The number of thioether (sulfide) groups is 1. The van der Waals surface area contributed by atoms with E-state index in [1.54, 1.807) is 11.8 Å². The number of aryl methyl sites for hydroxylation is 2. The van der Waals surface area contributed by atoms with Crippen molar-refractivity contribution in [2.75, 3.05) is 16.0 Å². The van der Waals surface area contributed by atoms with Gasteiger partial charge < -0.3 is 5.32 Å². The first-order chi connectivity index (χ1) is 15.0. The Morgan fingerprint density at radius 2 is 1.71 bits per heavy atom. The van der Waals surface area contributed by atoms with E-state index in [1.807, 2.05) is 35.2 Å². The fraction of sp³-hybridized carbons (Fsp3) is 0.462. The molecule has 5 heteroatoms. The third-order valence-corrected chi connectivity index (χ3v) is 7.09. The van der Waals surface area contributed by atoms with Gasteiger partial charge in [0.15, 0.2) is 0 Å². The van der Waals surface area contributed by atoms with Crippen molar-refractivity contribution in [3.63, 3.8) is 0 Å². The van der Waals surface area contributed by atoms with Crippen molar-refractivity contribution in [1.29, 1.82) is 0 Å². The van der Waals surface area contributed by atoms with Gasteiger partial charge in [-0.15, -0.1) is 11.8 Å². The number of rotatable bonds is 10. The molecule has 0 saturated carbocycles. The highest BCUT2D eigenvalue weighted by atomic mass is 32.2. The summed E-state index contributed by atoms with van der Waals surface area (Å²) in [5.41, 5.74) is 5.24. The first-order valence-corrected chi connectivity index (χ1v) is 12.4. The Bertz CT molecular complexity index is 895. The number of unbranched alkanes of at least 4 members (excludes halogenated alkanes) is 5. The van der Waals surface area contributed by atoms with Crippen LogP contribution >= 0.6 is 11.8 Å². The second-order valence-electron chi connectivity index (χ2n) is 8.38. The molecular formula is C26H34N2O2S. The summed E-state index contributed by atoms with van der Waals surface area (Å²) in [6, 6.07) is 14.1. The Kier molecular flexibility index (Phi) is 8.59. The average Bonchev–Trinajstić information content (AvgIpc) is 3.14. The van der Waals surface area contributed by atoms with Crippen LogP contribution in [0.2, 0.25) is 0 Å². The first-order valence-electron chi connectivity index (χ1n) is 11.4. The quantitative estimate of drug-likeness (QED) is 0.416. The molecule has 0 radical (unpaired) electrons. The molecule has 2 aromatic rings. The molecule has 1 saturated heterocycles. The van der Waals surface area contributed by atoms with Crippen LogP contribution in [0, 0.1) is 13.8 Å². The van der Waals surface area contributed by atoms with E-state index in [-0.39, 0.29) is 17.2 Å². The van der Waals surface area contributed by atoms with Gasteiger partial charge in [-0.3, -0.25) is 14.5 Å². The molecule has 0 spiro atoms. The van der Waals surface area contributed by atoms with Crippen LogP contribution < -0.4 is 10.2 Å². The Hall–Kier alpha value is -2.27. The minimum Gasteiger partial charge on any atom is -0.326 e. The molecule has 0 aromatic heterocycles. The number of carbonyl (C=O) groups excluding carboxylic acids is 2. The highest BCUT2D eigenvalue weighted by molar-refractivity contribution is 8.00. The maximum Gasteiger partial charge on any atom is 0.238 e. The molecule has 2 aromatic carbocycles. The summed E-state index contributed by atoms with van der Waals surface area (Å²) >= 11 is 1.64. The largest absolute Gasteiger partial charge is 0.326 e. The van der Waals surface area contributed by atoms with Gasteiger partial charge in [-0.1, -0.05) is 57.2 Å². The van der Waals surface area contributed by atoms with Crippen LogP contribution in [0.3, 0.4) is 0 Å². The van der Waals surface area contributed by atoms with E-state index in [4.69, 9.17) is 0 Å². The lowest BCUT2D eigenvalue weighted by molar-refractivity contribution is -0.116. The smallest absolute Gasteiger partial charge is 0.238 e. The van der Waals surface area contributed by atoms with Crippen molar-refractivity contribution in [1.82, 2.24) is 0 Å². The number of benzene rings is 2. The van der Waals surface area contributed by atoms with E-state index in [0.29, 0.717) is 12.2 Å². The molecule has 1 aliphatic heterocycles. The topological polar surface area (TPSA) is 49.4 Å². The standard InChI is InChI=1S/C26H34N2O2S/c1-4-5-6-7-8-9-10-24(29)27-22-14-12-21(13-15-22)26-28(25(30)18-31-26)23-16-11-19(2)20(3)17-23/h11-17,26H,4-10,18H2,1-3H3,(H,27,29)/t26-/m1/s1. The normalized spacial score (nSPS) is 16.0. The van der Waals surface area contributed by atoms with Crippen molar-refractivity contribution in [2.24, 2.45) is 0 Å². The third-order valence-electron chi connectivity index (χ3n) is 5.87. The van der Waals surface area contributed by atoms with Gasteiger partial charge in [0.2, 0.25) is 11.8 Å². The molecule has 1 heterocycles. The summed E-state index contributed by atoms with van der Waals surface area (Å²) in [7, 11) is 0. The van der Waals surface area contributed by atoms with Gasteiger partial charge in [-0.05, 0) is 61.2 Å². The predicted molar refractivity (Wildman–Crippen MR) is 132 cm³/mol. The Morgan fingerprint density at radius 3 is 2.42 bits per heavy atom. The number of hydrogen-bond acceptors (Lipinski definition) is 3. The lowest BCUT2D eigenvalue weighted by Gasteiger charge is -2.25. The second-order valence-corrected chi connectivity index (χ2v) is 9.45. The van der Waals surface area contributed by atoms with Crippen LogP contribution in [-0.2, 0) is 9.59 Å². The molecule has 1 aliphatic rings. The summed E-state index contributed by atoms with van der Waals surface area (Å²) in [4.78, 5) is 26.7. The van der Waals surface area contributed by atoms with Gasteiger partial charge in [0.25, 0.3) is 0 Å². The number of nitrogens with zero attached hydrogens (tertiary/aromatic N) is 1. The molecule has 0 bridgehead atoms. The molecule has 2 amide bonds. The molecule has 1 fully saturated rings. The van der Waals surface area contributed by atoms with Gasteiger partial charge in [0, 0.05) is 17.8 Å². The van der Waals surface area contributed by atoms with Crippen LogP contribution in [0.5, 0.6) is 0 Å². The molecule has 1 atom stereocenters. The molecule has 0 aliphatic carbocycles. The monoisotopic (exact) mass is 438 g/mol. The van der Waals surface area contributed by atoms with Crippen molar-refractivity contribution in [3.05, 3.63) is 59.2 Å². The molecule has 166 valence electrons. The van der Waals surface area contributed by atoms with E-state index >= 15 is 0 Å². The molecule has 3 rings (SSSR count). The minimum atomic E-state index is -0.0394. The van der Waals surface area contributed by atoms with Crippen LogP contribution in [0.25, 0.3) is 0 Å². The highest BCUT2D eigenvalue weighted by Gasteiger charge is 2.34. The fourth-order valence-electron chi connectivity index (χ4n) is 3.85. The Morgan fingerprint density at radius 1 is 1.00 bits per heavy atom. The van der Waals surface area contributed by atoms with Crippen molar-refractivity contribution >= 4 is 35.0 Å². The van der Waals surface area contributed by atoms with Crippen LogP contribution in [-0.4, -0.2) is 17.6 Å². The summed E-state index contributed by atoms with van der Waals surface area (Å²) in [6.07, 6.45) is 7.64. The molecule has 4 nitrogen and oxygen atoms in total. The first kappa shape index (κ1) is 23.4. The van der Waals surface area contributed by atoms with Gasteiger partial charge in [0.05, 0.1) is 5.75 Å². The number of hydrogen-bond donors (Lipinski definition) is 1. The lowest BCUT2D eigenvalue weighted by atomic mass is 10.1. The summed E-state index contributed by atoms with van der Waals surface area (Å²) in [6.45, 7) is 6.36. The average molecular weight is 439 g/mol. The minimum absolute atomic E-state index is 0.0394. The number of nitrogens with one attached hydrogen (secondary N) is 1. The van der Waals surface area contributed by atoms with Gasteiger partial charge >= 0.3 is 0 Å². The number of carbonyl (C=O) groups is 2. The molecule has 1 N–H and O–H groups in total. The van der Waals surface area contributed by atoms with E-state index in [2.05, 4.69) is 38.2 Å². The zero-order valence-corrected chi connectivity index (χ0v) is 19.8. The van der Waals surface area contributed by atoms with Gasteiger partial charge in [0.1, 0.15) is 5.37 Å². The number of amides is 2. The van der Waals surface area contributed by atoms with Crippen molar-refractivity contribution in [2.45, 2.75) is 71.1 Å². The van der Waals surface area contributed by atoms with Gasteiger partial charge in [-0.25, -0.2) is 0 Å². The van der Waals surface area contributed by atoms with Crippen molar-refractivity contribution in [3.8, 4) is 0 Å². The highest BCUT2D eigenvalue weighted by Crippen LogP contribution is 2.42. The maximum absolute atomic E-state index is 12.6. The van der Waals surface area contributed by atoms with E-state index in [9.17, 15) is 9.59 Å². The Balaban J connectivity index is 1.58. The predicted octanol–water partition coefficient (Wildman–Crippen LogP) is 6.77.